The summed E-state index contributed by atoms with van der Waals surface area (Å²) in [6, 6.07) is 5.47. The molecule has 102 valence electrons. The molecule has 1 aromatic rings. The highest BCUT2D eigenvalue weighted by molar-refractivity contribution is 5.95. The number of anilines is 1. The van der Waals surface area contributed by atoms with Gasteiger partial charge < -0.3 is 14.7 Å². The molecule has 0 saturated carbocycles. The maximum absolute atomic E-state index is 12.1. The fourth-order valence-electron chi connectivity index (χ4n) is 2.11. The molecular formula is C15H19NO3. The molecule has 0 fully saturated rings. The lowest BCUT2D eigenvalue weighted by Crippen LogP contribution is -2.31. The van der Waals surface area contributed by atoms with E-state index in [0.717, 1.165) is 17.7 Å². The molecule has 1 aliphatic heterocycles. The van der Waals surface area contributed by atoms with Gasteiger partial charge in [0.15, 0.2) is 0 Å². The van der Waals surface area contributed by atoms with E-state index < -0.39 is 6.10 Å². The van der Waals surface area contributed by atoms with Crippen LogP contribution in [0.2, 0.25) is 0 Å². The van der Waals surface area contributed by atoms with Gasteiger partial charge in [0, 0.05) is 6.54 Å². The van der Waals surface area contributed by atoms with Gasteiger partial charge in [0.2, 0.25) is 5.91 Å². The van der Waals surface area contributed by atoms with E-state index in [-0.39, 0.29) is 5.91 Å². The first-order valence-corrected chi connectivity index (χ1v) is 6.49. The Kier molecular flexibility index (Phi) is 4.22. The molecule has 0 aromatic heterocycles. The van der Waals surface area contributed by atoms with Crippen LogP contribution in [0.3, 0.4) is 0 Å². The highest BCUT2D eigenvalue weighted by Gasteiger charge is 2.23. The number of carbonyl (C=O) groups excluding carboxylic acids is 1. The first-order chi connectivity index (χ1) is 9.13. The average Bonchev–Trinajstić information content (AvgIpc) is 2.54. The molecule has 0 spiro atoms. The Labute approximate surface area is 113 Å². The summed E-state index contributed by atoms with van der Waals surface area (Å²) in [4.78, 5) is 13.8. The van der Waals surface area contributed by atoms with Crippen LogP contribution in [0.5, 0.6) is 5.75 Å². The lowest BCUT2D eigenvalue weighted by molar-refractivity contribution is -0.118. The second-order valence-electron chi connectivity index (χ2n) is 4.62. The van der Waals surface area contributed by atoms with E-state index in [2.05, 4.69) is 6.58 Å². The van der Waals surface area contributed by atoms with Gasteiger partial charge in [0.25, 0.3) is 0 Å². The van der Waals surface area contributed by atoms with E-state index in [4.69, 9.17) is 4.74 Å². The van der Waals surface area contributed by atoms with Gasteiger partial charge in [-0.25, -0.2) is 0 Å². The van der Waals surface area contributed by atoms with Gasteiger partial charge in [-0.15, -0.1) is 6.58 Å². The van der Waals surface area contributed by atoms with E-state index in [9.17, 15) is 9.90 Å². The number of rotatable bonds is 4. The Hall–Kier alpha value is -1.81. The Morgan fingerprint density at radius 1 is 1.58 bits per heavy atom. The van der Waals surface area contributed by atoms with Crippen LogP contribution in [0, 0.1) is 0 Å². The maximum atomic E-state index is 12.1. The van der Waals surface area contributed by atoms with E-state index >= 15 is 0 Å². The second-order valence-corrected chi connectivity index (χ2v) is 4.62. The maximum Gasteiger partial charge on any atom is 0.230 e. The fourth-order valence-corrected chi connectivity index (χ4v) is 2.11. The predicted octanol–water partition coefficient (Wildman–Crippen LogP) is 2.43. The zero-order chi connectivity index (χ0) is 13.8. The Balaban J connectivity index is 2.40. The number of aliphatic hydroxyl groups is 1. The van der Waals surface area contributed by atoms with Gasteiger partial charge in [-0.2, -0.15) is 0 Å². The third-order valence-electron chi connectivity index (χ3n) is 3.19. The van der Waals surface area contributed by atoms with Crippen LogP contribution in [0.25, 0.3) is 0 Å². The van der Waals surface area contributed by atoms with Gasteiger partial charge in [0.1, 0.15) is 5.75 Å². The minimum atomic E-state index is -0.565. The van der Waals surface area contributed by atoms with Crippen molar-refractivity contribution in [3.8, 4) is 5.75 Å². The number of carbonyl (C=O) groups is 1. The second kappa shape index (κ2) is 5.89. The quantitative estimate of drug-likeness (QED) is 0.847. The molecule has 1 unspecified atom stereocenters. The minimum Gasteiger partial charge on any atom is -0.491 e. The van der Waals surface area contributed by atoms with Crippen molar-refractivity contribution < 1.29 is 14.6 Å². The number of aliphatic hydroxyl groups excluding tert-OH is 1. The first kappa shape index (κ1) is 13.6. The van der Waals surface area contributed by atoms with E-state index in [1.807, 2.05) is 18.2 Å². The summed E-state index contributed by atoms with van der Waals surface area (Å²) in [7, 11) is 0. The van der Waals surface area contributed by atoms with Gasteiger partial charge in [-0.1, -0.05) is 12.1 Å². The van der Waals surface area contributed by atoms with Crippen molar-refractivity contribution in [1.29, 1.82) is 0 Å². The number of benzene rings is 1. The van der Waals surface area contributed by atoms with Gasteiger partial charge in [-0.3, -0.25) is 4.79 Å². The number of nitrogens with zero attached hydrogens (tertiary/aromatic N) is 1. The van der Waals surface area contributed by atoms with Gasteiger partial charge >= 0.3 is 0 Å². The largest absolute Gasteiger partial charge is 0.491 e. The molecule has 4 heteroatoms. The molecule has 1 aromatic carbocycles. The fraction of sp³-hybridized carbons (Fsp3) is 0.400. The molecule has 0 aliphatic carbocycles. The molecule has 1 amide bonds. The average molecular weight is 261 g/mol. The standard InChI is InChI=1S/C15H19NO3/c1-3-4-8-16-13-10-12(11(2)17)5-6-14(13)19-9-7-15(16)18/h3,5-6,10-11,17H,1,4,7-9H2,2H3. The Morgan fingerprint density at radius 2 is 2.37 bits per heavy atom. The van der Waals surface area contributed by atoms with Gasteiger partial charge in [0.05, 0.1) is 24.8 Å². The van der Waals surface area contributed by atoms with Crippen LogP contribution in [-0.2, 0) is 4.79 Å². The highest BCUT2D eigenvalue weighted by Crippen LogP contribution is 2.34. The van der Waals surface area contributed by atoms with Crippen LogP contribution < -0.4 is 9.64 Å². The molecule has 19 heavy (non-hydrogen) atoms. The van der Waals surface area contributed by atoms with E-state index in [1.165, 1.54) is 0 Å². The van der Waals surface area contributed by atoms with Crippen molar-refractivity contribution in [2.45, 2.75) is 25.9 Å². The number of amides is 1. The summed E-state index contributed by atoms with van der Waals surface area (Å²) in [5.41, 5.74) is 1.52. The molecule has 0 saturated heterocycles. The molecule has 0 bridgehead atoms. The number of hydrogen-bond donors (Lipinski definition) is 1. The molecule has 1 heterocycles. The van der Waals surface area contributed by atoms with E-state index in [1.54, 1.807) is 17.9 Å². The van der Waals surface area contributed by atoms with Crippen molar-refractivity contribution in [2.24, 2.45) is 0 Å². The summed E-state index contributed by atoms with van der Waals surface area (Å²) in [5.74, 6) is 0.739. The van der Waals surface area contributed by atoms with Crippen LogP contribution in [0.1, 0.15) is 31.4 Å². The summed E-state index contributed by atoms with van der Waals surface area (Å²) >= 11 is 0. The topological polar surface area (TPSA) is 49.8 Å². The van der Waals surface area contributed by atoms with Gasteiger partial charge in [-0.05, 0) is 31.0 Å². The Bertz CT molecular complexity index is 482. The van der Waals surface area contributed by atoms with Crippen molar-refractivity contribution >= 4 is 11.6 Å². The molecule has 2 rings (SSSR count). The van der Waals surface area contributed by atoms with Crippen LogP contribution in [0.15, 0.2) is 30.9 Å². The van der Waals surface area contributed by atoms with Crippen molar-refractivity contribution in [2.75, 3.05) is 18.1 Å². The predicted molar refractivity (Wildman–Crippen MR) is 74.4 cm³/mol. The summed E-state index contributed by atoms with van der Waals surface area (Å²) in [5, 5.41) is 9.66. The lowest BCUT2D eigenvalue weighted by atomic mass is 10.1. The normalized spacial score (nSPS) is 16.3. The zero-order valence-electron chi connectivity index (χ0n) is 11.1. The van der Waals surface area contributed by atoms with E-state index in [0.29, 0.717) is 25.3 Å². The van der Waals surface area contributed by atoms with Crippen molar-refractivity contribution in [3.05, 3.63) is 36.4 Å². The number of fused-ring (bicyclic) bond motifs is 1. The summed E-state index contributed by atoms with van der Waals surface area (Å²) < 4.78 is 5.59. The molecule has 1 N–H and O–H groups in total. The SMILES string of the molecule is C=CCCN1C(=O)CCOc2ccc(C(C)O)cc21. The van der Waals surface area contributed by atoms with Crippen molar-refractivity contribution in [1.82, 2.24) is 0 Å². The minimum absolute atomic E-state index is 0.0448. The van der Waals surface area contributed by atoms with Crippen LogP contribution in [0.4, 0.5) is 5.69 Å². The Morgan fingerprint density at radius 3 is 3.05 bits per heavy atom. The first-order valence-electron chi connectivity index (χ1n) is 6.49. The third-order valence-corrected chi connectivity index (χ3v) is 3.19. The smallest absolute Gasteiger partial charge is 0.230 e. The van der Waals surface area contributed by atoms with Crippen LogP contribution >= 0.6 is 0 Å². The summed E-state index contributed by atoms with van der Waals surface area (Å²) in [6.07, 6.45) is 2.32. The van der Waals surface area contributed by atoms with Crippen LogP contribution in [-0.4, -0.2) is 24.2 Å². The van der Waals surface area contributed by atoms with Crippen molar-refractivity contribution in [3.63, 3.8) is 0 Å². The molecule has 1 atom stereocenters. The number of hydrogen-bond acceptors (Lipinski definition) is 3. The molecule has 4 nitrogen and oxygen atoms in total. The molecule has 1 aliphatic rings. The molecule has 0 radical (unpaired) electrons. The summed E-state index contributed by atoms with van der Waals surface area (Å²) in [6.45, 7) is 6.37. The monoisotopic (exact) mass is 261 g/mol. The number of ether oxygens (including phenoxy) is 1. The molecular weight excluding hydrogens is 242 g/mol. The zero-order valence-corrected chi connectivity index (χ0v) is 11.1. The highest BCUT2D eigenvalue weighted by atomic mass is 16.5. The third kappa shape index (κ3) is 2.96. The lowest BCUT2D eigenvalue weighted by Gasteiger charge is -2.22.